The maximum absolute atomic E-state index is 13.2. The van der Waals surface area contributed by atoms with Gasteiger partial charge in [0.1, 0.15) is 6.04 Å². The number of hydrogen-bond acceptors (Lipinski definition) is 6. The van der Waals surface area contributed by atoms with Gasteiger partial charge < -0.3 is 5.73 Å². The molecule has 0 spiro atoms. The van der Waals surface area contributed by atoms with E-state index >= 15 is 0 Å². The van der Waals surface area contributed by atoms with Crippen molar-refractivity contribution < 1.29 is 19.2 Å². The van der Waals surface area contributed by atoms with Gasteiger partial charge in [-0.15, -0.1) is 0 Å². The van der Waals surface area contributed by atoms with Crippen LogP contribution in [-0.4, -0.2) is 58.1 Å². The summed E-state index contributed by atoms with van der Waals surface area (Å²) < 4.78 is 0. The molecule has 4 atom stereocenters. The van der Waals surface area contributed by atoms with Gasteiger partial charge in [0.05, 0.1) is 11.1 Å². The molecule has 1 aliphatic carbocycles. The van der Waals surface area contributed by atoms with Crippen LogP contribution in [0.3, 0.4) is 0 Å². The molecule has 152 valence electrons. The third-order valence-electron chi connectivity index (χ3n) is 6.93. The standard InChI is InChI=1S/C21H24N4O4/c22-14-5-4-11-8-9-24(18(11)14)10-12-2-1-3-13-17(12)21(29)25(20(13)28)15-6-7-16(26)23-19(15)27/h1-3,11,14-15,18H,4-10,22H2,(H,23,26,27)/t11-,14+,15?,18+/m0/s1. The predicted octanol–water partition coefficient (Wildman–Crippen LogP) is 0.399. The van der Waals surface area contributed by atoms with Crippen LogP contribution >= 0.6 is 0 Å². The number of amides is 4. The van der Waals surface area contributed by atoms with Gasteiger partial charge in [0.15, 0.2) is 0 Å². The van der Waals surface area contributed by atoms with Crippen molar-refractivity contribution in [1.29, 1.82) is 0 Å². The number of nitrogens with one attached hydrogen (secondary N) is 1. The lowest BCUT2D eigenvalue weighted by Gasteiger charge is -2.28. The summed E-state index contributed by atoms with van der Waals surface area (Å²) in [5, 5.41) is 2.23. The Kier molecular flexibility index (Phi) is 4.29. The summed E-state index contributed by atoms with van der Waals surface area (Å²) in [7, 11) is 0. The number of benzene rings is 1. The van der Waals surface area contributed by atoms with Crippen LogP contribution < -0.4 is 11.1 Å². The molecule has 0 bridgehead atoms. The second-order valence-corrected chi connectivity index (χ2v) is 8.54. The van der Waals surface area contributed by atoms with Crippen LogP contribution in [0.2, 0.25) is 0 Å². The number of carbonyl (C=O) groups is 4. The summed E-state index contributed by atoms with van der Waals surface area (Å²) in [6, 6.07) is 4.84. The summed E-state index contributed by atoms with van der Waals surface area (Å²) in [6.45, 7) is 1.51. The molecule has 0 aromatic heterocycles. The largest absolute Gasteiger partial charge is 0.326 e. The molecule has 5 rings (SSSR count). The Morgan fingerprint density at radius 3 is 2.66 bits per heavy atom. The molecule has 4 amide bonds. The maximum Gasteiger partial charge on any atom is 0.262 e. The van der Waals surface area contributed by atoms with Crippen LogP contribution in [0.5, 0.6) is 0 Å². The number of nitrogens with two attached hydrogens (primary N) is 1. The van der Waals surface area contributed by atoms with Gasteiger partial charge >= 0.3 is 0 Å². The maximum atomic E-state index is 13.2. The average molecular weight is 396 g/mol. The van der Waals surface area contributed by atoms with Crippen molar-refractivity contribution in [2.75, 3.05) is 6.54 Å². The van der Waals surface area contributed by atoms with Gasteiger partial charge in [-0.05, 0) is 49.8 Å². The van der Waals surface area contributed by atoms with E-state index in [0.29, 0.717) is 29.6 Å². The van der Waals surface area contributed by atoms with Gasteiger partial charge in [0.2, 0.25) is 11.8 Å². The number of imide groups is 2. The lowest BCUT2D eigenvalue weighted by molar-refractivity contribution is -0.136. The molecule has 8 nitrogen and oxygen atoms in total. The number of likely N-dealkylation sites (tertiary alicyclic amines) is 1. The van der Waals surface area contributed by atoms with Gasteiger partial charge in [0.25, 0.3) is 11.8 Å². The Labute approximate surface area is 168 Å². The monoisotopic (exact) mass is 396 g/mol. The van der Waals surface area contributed by atoms with Crippen molar-refractivity contribution >= 4 is 23.6 Å². The highest BCUT2D eigenvalue weighted by Gasteiger charge is 2.47. The van der Waals surface area contributed by atoms with E-state index in [4.69, 9.17) is 5.73 Å². The Balaban J connectivity index is 1.44. The SMILES string of the molecule is N[C@@H]1CC[C@H]2CCN(Cc3cccc4c3C(=O)N(C3CCC(=O)NC3=O)C4=O)[C@H]21. The van der Waals surface area contributed by atoms with Crippen LogP contribution in [0, 0.1) is 5.92 Å². The molecule has 4 aliphatic rings. The summed E-state index contributed by atoms with van der Waals surface area (Å²) in [5.74, 6) is -1.25. The number of fused-ring (bicyclic) bond motifs is 2. The highest BCUT2D eigenvalue weighted by molar-refractivity contribution is 6.24. The number of carbonyl (C=O) groups excluding carboxylic acids is 4. The van der Waals surface area contributed by atoms with Crippen molar-refractivity contribution in [2.24, 2.45) is 11.7 Å². The van der Waals surface area contributed by atoms with Crippen molar-refractivity contribution in [3.63, 3.8) is 0 Å². The topological polar surface area (TPSA) is 113 Å². The molecular weight excluding hydrogens is 372 g/mol. The minimum Gasteiger partial charge on any atom is -0.326 e. The zero-order valence-electron chi connectivity index (χ0n) is 16.1. The molecule has 3 heterocycles. The minimum absolute atomic E-state index is 0.116. The van der Waals surface area contributed by atoms with Crippen LogP contribution in [0.1, 0.15) is 58.4 Å². The number of piperidine rings is 1. The van der Waals surface area contributed by atoms with E-state index in [1.54, 1.807) is 12.1 Å². The molecule has 29 heavy (non-hydrogen) atoms. The first kappa shape index (κ1) is 18.4. The quantitative estimate of drug-likeness (QED) is 0.715. The van der Waals surface area contributed by atoms with Crippen molar-refractivity contribution in [3.05, 3.63) is 34.9 Å². The zero-order valence-corrected chi connectivity index (χ0v) is 16.1. The van der Waals surface area contributed by atoms with E-state index < -0.39 is 23.8 Å². The average Bonchev–Trinajstić information content (AvgIpc) is 3.33. The van der Waals surface area contributed by atoms with E-state index in [-0.39, 0.29) is 24.8 Å². The molecule has 3 N–H and O–H groups in total. The molecule has 3 fully saturated rings. The summed E-state index contributed by atoms with van der Waals surface area (Å²) >= 11 is 0. The zero-order chi connectivity index (χ0) is 20.3. The van der Waals surface area contributed by atoms with E-state index in [1.165, 1.54) is 0 Å². The molecule has 8 heteroatoms. The molecular formula is C21H24N4O4. The summed E-state index contributed by atoms with van der Waals surface area (Å²) in [4.78, 5) is 53.3. The van der Waals surface area contributed by atoms with Gasteiger partial charge in [-0.1, -0.05) is 12.1 Å². The van der Waals surface area contributed by atoms with Crippen molar-refractivity contribution in [3.8, 4) is 0 Å². The molecule has 1 aromatic rings. The Hall–Kier alpha value is -2.58. The van der Waals surface area contributed by atoms with Gasteiger partial charge in [-0.2, -0.15) is 0 Å². The van der Waals surface area contributed by atoms with Crippen LogP contribution in [-0.2, 0) is 16.1 Å². The highest BCUT2D eigenvalue weighted by Crippen LogP contribution is 2.39. The molecule has 3 aliphatic heterocycles. The Morgan fingerprint density at radius 1 is 1.03 bits per heavy atom. The molecule has 1 saturated carbocycles. The predicted molar refractivity (Wildman–Crippen MR) is 103 cm³/mol. The second kappa shape index (κ2) is 6.74. The summed E-state index contributed by atoms with van der Waals surface area (Å²) in [6.07, 6.45) is 3.57. The smallest absolute Gasteiger partial charge is 0.262 e. The fraction of sp³-hybridized carbons (Fsp3) is 0.524. The lowest BCUT2D eigenvalue weighted by atomic mass is 10.0. The Bertz CT molecular complexity index is 929. The van der Waals surface area contributed by atoms with Crippen molar-refractivity contribution in [2.45, 2.75) is 56.8 Å². The van der Waals surface area contributed by atoms with Crippen LogP contribution in [0.25, 0.3) is 0 Å². The number of nitrogens with zero attached hydrogens (tertiary/aromatic N) is 2. The lowest BCUT2D eigenvalue weighted by Crippen LogP contribution is -2.54. The first-order valence-corrected chi connectivity index (χ1v) is 10.3. The first-order valence-electron chi connectivity index (χ1n) is 10.3. The van der Waals surface area contributed by atoms with Gasteiger partial charge in [-0.3, -0.25) is 34.3 Å². The fourth-order valence-corrected chi connectivity index (χ4v) is 5.58. The molecule has 1 aromatic carbocycles. The third-order valence-corrected chi connectivity index (χ3v) is 6.93. The van der Waals surface area contributed by atoms with E-state index in [2.05, 4.69) is 10.2 Å². The minimum atomic E-state index is -0.938. The third kappa shape index (κ3) is 2.81. The fourth-order valence-electron chi connectivity index (χ4n) is 5.58. The number of rotatable bonds is 3. The van der Waals surface area contributed by atoms with E-state index in [0.717, 1.165) is 36.3 Å². The molecule has 2 saturated heterocycles. The van der Waals surface area contributed by atoms with Gasteiger partial charge in [-0.25, -0.2) is 0 Å². The van der Waals surface area contributed by atoms with Crippen LogP contribution in [0.4, 0.5) is 0 Å². The highest BCUT2D eigenvalue weighted by atomic mass is 16.2. The van der Waals surface area contributed by atoms with Crippen LogP contribution in [0.15, 0.2) is 18.2 Å². The molecule has 0 radical (unpaired) electrons. The summed E-state index contributed by atoms with van der Waals surface area (Å²) in [5.41, 5.74) is 7.85. The normalized spacial score (nSPS) is 32.0. The van der Waals surface area contributed by atoms with E-state index in [1.807, 2.05) is 6.07 Å². The second-order valence-electron chi connectivity index (χ2n) is 8.54. The van der Waals surface area contributed by atoms with E-state index in [9.17, 15) is 19.2 Å². The van der Waals surface area contributed by atoms with Crippen molar-refractivity contribution in [1.82, 2.24) is 15.1 Å². The number of hydrogen-bond donors (Lipinski definition) is 2. The molecule has 1 unspecified atom stereocenters. The first-order chi connectivity index (χ1) is 14.0. The van der Waals surface area contributed by atoms with Gasteiger partial charge in [0, 0.05) is 25.0 Å². The Morgan fingerprint density at radius 2 is 1.86 bits per heavy atom.